The fraction of sp³-hybridized carbons (Fsp3) is 1.00. The Bertz CT molecular complexity index is 138. The molecule has 1 atom stereocenters. The molecule has 80 valence electrons. The molecule has 13 heavy (non-hydrogen) atoms. The van der Waals surface area contributed by atoms with E-state index in [0.29, 0.717) is 19.0 Å². The first-order valence-electron chi connectivity index (χ1n) is 4.24. The van der Waals surface area contributed by atoms with Crippen molar-refractivity contribution in [3.05, 3.63) is 0 Å². The van der Waals surface area contributed by atoms with Crippen LogP contribution in [0.15, 0.2) is 0 Å². The van der Waals surface area contributed by atoms with Gasteiger partial charge in [-0.2, -0.15) is 13.2 Å². The molecular formula is C8H15ClF3N. The minimum Gasteiger partial charge on any atom is -0.295 e. The molecular weight excluding hydrogens is 203 g/mol. The van der Waals surface area contributed by atoms with Gasteiger partial charge in [0.25, 0.3) is 0 Å². The monoisotopic (exact) mass is 217 g/mol. The molecule has 0 aliphatic heterocycles. The molecule has 1 nitrogen and oxygen atoms in total. The number of halogens is 4. The summed E-state index contributed by atoms with van der Waals surface area (Å²) in [7, 11) is 0. The van der Waals surface area contributed by atoms with Crippen LogP contribution in [0, 0.1) is 5.92 Å². The highest BCUT2D eigenvalue weighted by Crippen LogP contribution is 2.17. The van der Waals surface area contributed by atoms with Crippen molar-refractivity contribution in [1.29, 1.82) is 0 Å². The Morgan fingerprint density at radius 2 is 1.92 bits per heavy atom. The summed E-state index contributed by atoms with van der Waals surface area (Å²) in [5.74, 6) is 0.498. The first kappa shape index (κ1) is 13.0. The highest BCUT2D eigenvalue weighted by Gasteiger charge is 2.30. The van der Waals surface area contributed by atoms with Crippen molar-refractivity contribution in [2.75, 3.05) is 25.5 Å². The summed E-state index contributed by atoms with van der Waals surface area (Å²) < 4.78 is 35.9. The highest BCUT2D eigenvalue weighted by atomic mass is 35.5. The van der Waals surface area contributed by atoms with E-state index in [4.69, 9.17) is 11.6 Å². The first-order chi connectivity index (χ1) is 5.89. The molecule has 0 spiro atoms. The third kappa shape index (κ3) is 7.14. The molecule has 0 N–H and O–H groups in total. The fourth-order valence-electron chi connectivity index (χ4n) is 1.05. The second kappa shape index (κ2) is 5.70. The van der Waals surface area contributed by atoms with E-state index in [0.717, 1.165) is 0 Å². The zero-order valence-electron chi connectivity index (χ0n) is 7.86. The van der Waals surface area contributed by atoms with E-state index in [2.05, 4.69) is 0 Å². The van der Waals surface area contributed by atoms with Crippen LogP contribution in [0.2, 0.25) is 0 Å². The highest BCUT2D eigenvalue weighted by molar-refractivity contribution is 6.18. The van der Waals surface area contributed by atoms with Gasteiger partial charge in [-0.25, -0.2) is 0 Å². The van der Waals surface area contributed by atoms with Crippen molar-refractivity contribution >= 4 is 11.6 Å². The molecule has 0 fully saturated rings. The third-order valence-electron chi connectivity index (χ3n) is 1.68. The Balaban J connectivity index is 3.89. The molecule has 0 heterocycles. The van der Waals surface area contributed by atoms with Crippen molar-refractivity contribution in [1.82, 2.24) is 4.90 Å². The Labute approximate surface area is 81.9 Å². The van der Waals surface area contributed by atoms with E-state index in [9.17, 15) is 13.2 Å². The fourth-order valence-corrected chi connectivity index (χ4v) is 1.15. The lowest BCUT2D eigenvalue weighted by atomic mass is 10.2. The molecule has 0 saturated heterocycles. The number of nitrogens with zero attached hydrogens (tertiary/aromatic N) is 1. The number of hydrogen-bond donors (Lipinski definition) is 0. The van der Waals surface area contributed by atoms with Crippen molar-refractivity contribution in [3.63, 3.8) is 0 Å². The molecule has 0 saturated carbocycles. The molecule has 0 amide bonds. The van der Waals surface area contributed by atoms with Crippen LogP contribution in [0.4, 0.5) is 13.2 Å². The summed E-state index contributed by atoms with van der Waals surface area (Å²) in [4.78, 5) is 1.35. The normalized spacial score (nSPS) is 15.0. The van der Waals surface area contributed by atoms with Crippen LogP contribution in [0.25, 0.3) is 0 Å². The van der Waals surface area contributed by atoms with Gasteiger partial charge in [0, 0.05) is 12.4 Å². The number of hydrogen-bond acceptors (Lipinski definition) is 1. The van der Waals surface area contributed by atoms with Gasteiger partial charge in [-0.3, -0.25) is 4.90 Å². The Hall–Kier alpha value is 0.0400. The lowest BCUT2D eigenvalue weighted by molar-refractivity contribution is -0.146. The Kier molecular flexibility index (Phi) is 5.72. The zero-order valence-corrected chi connectivity index (χ0v) is 8.62. The average Bonchev–Trinajstić information content (AvgIpc) is 2.00. The number of alkyl halides is 4. The van der Waals surface area contributed by atoms with Crippen LogP contribution in [-0.4, -0.2) is 36.6 Å². The van der Waals surface area contributed by atoms with E-state index in [1.54, 1.807) is 6.92 Å². The van der Waals surface area contributed by atoms with Crippen LogP contribution < -0.4 is 0 Å². The van der Waals surface area contributed by atoms with E-state index >= 15 is 0 Å². The van der Waals surface area contributed by atoms with Crippen LogP contribution in [-0.2, 0) is 0 Å². The lowest BCUT2D eigenvalue weighted by Crippen LogP contribution is -2.37. The first-order valence-corrected chi connectivity index (χ1v) is 4.77. The molecule has 0 aromatic rings. The van der Waals surface area contributed by atoms with E-state index in [1.807, 2.05) is 6.92 Å². The predicted octanol–water partition coefficient (Wildman–Crippen LogP) is 2.75. The summed E-state index contributed by atoms with van der Waals surface area (Å²) >= 11 is 5.52. The van der Waals surface area contributed by atoms with Gasteiger partial charge in [-0.1, -0.05) is 13.8 Å². The van der Waals surface area contributed by atoms with Crippen LogP contribution in [0.1, 0.15) is 13.8 Å². The predicted molar refractivity (Wildman–Crippen MR) is 48.1 cm³/mol. The quantitative estimate of drug-likeness (QED) is 0.640. The van der Waals surface area contributed by atoms with Gasteiger partial charge in [-0.05, 0) is 12.5 Å². The molecule has 0 radical (unpaired) electrons. The molecule has 0 aliphatic rings. The van der Waals surface area contributed by atoms with Crippen LogP contribution in [0.3, 0.4) is 0 Å². The molecule has 5 heteroatoms. The summed E-state index contributed by atoms with van der Waals surface area (Å²) in [6, 6.07) is 0. The van der Waals surface area contributed by atoms with Gasteiger partial charge >= 0.3 is 6.18 Å². The molecule has 0 aliphatic carbocycles. The lowest BCUT2D eigenvalue weighted by Gasteiger charge is -2.24. The van der Waals surface area contributed by atoms with Crippen molar-refractivity contribution in [2.45, 2.75) is 20.0 Å². The van der Waals surface area contributed by atoms with Crippen molar-refractivity contribution in [2.24, 2.45) is 5.92 Å². The van der Waals surface area contributed by atoms with E-state index < -0.39 is 12.7 Å². The van der Waals surface area contributed by atoms with Crippen molar-refractivity contribution in [3.8, 4) is 0 Å². The van der Waals surface area contributed by atoms with Gasteiger partial charge in [0.15, 0.2) is 0 Å². The Morgan fingerprint density at radius 3 is 2.23 bits per heavy atom. The van der Waals surface area contributed by atoms with Gasteiger partial charge in [-0.15, -0.1) is 11.6 Å². The Morgan fingerprint density at radius 1 is 1.38 bits per heavy atom. The van der Waals surface area contributed by atoms with Gasteiger partial charge in [0.05, 0.1) is 6.54 Å². The van der Waals surface area contributed by atoms with E-state index in [-0.39, 0.29) is 5.92 Å². The molecule has 1 unspecified atom stereocenters. The smallest absolute Gasteiger partial charge is 0.295 e. The maximum atomic E-state index is 12.0. The molecule has 0 aromatic carbocycles. The minimum atomic E-state index is -4.11. The summed E-state index contributed by atoms with van der Waals surface area (Å²) in [5, 5.41) is 0. The standard InChI is InChI=1S/C8H15ClF3N/c1-3-13(5-7(2)4-9)6-8(10,11)12/h7H,3-6H2,1-2H3. The molecule has 0 rings (SSSR count). The SMILES string of the molecule is CCN(CC(C)CCl)CC(F)(F)F. The zero-order chi connectivity index (χ0) is 10.5. The van der Waals surface area contributed by atoms with Crippen LogP contribution in [0.5, 0.6) is 0 Å². The summed E-state index contributed by atoms with van der Waals surface area (Å²) in [6.07, 6.45) is -4.11. The summed E-state index contributed by atoms with van der Waals surface area (Å²) in [5.41, 5.74) is 0. The van der Waals surface area contributed by atoms with Gasteiger partial charge in [0.1, 0.15) is 0 Å². The largest absolute Gasteiger partial charge is 0.401 e. The second-order valence-electron chi connectivity index (χ2n) is 3.20. The number of rotatable bonds is 5. The topological polar surface area (TPSA) is 3.24 Å². The van der Waals surface area contributed by atoms with Crippen molar-refractivity contribution < 1.29 is 13.2 Å². The van der Waals surface area contributed by atoms with Crippen LogP contribution >= 0.6 is 11.6 Å². The summed E-state index contributed by atoms with van der Waals surface area (Å²) in [6.45, 7) is 3.52. The minimum absolute atomic E-state index is 0.101. The van der Waals surface area contributed by atoms with Gasteiger partial charge < -0.3 is 0 Å². The second-order valence-corrected chi connectivity index (χ2v) is 3.51. The molecule has 0 aromatic heterocycles. The molecule has 0 bridgehead atoms. The maximum Gasteiger partial charge on any atom is 0.401 e. The van der Waals surface area contributed by atoms with E-state index in [1.165, 1.54) is 4.90 Å². The average molecular weight is 218 g/mol. The maximum absolute atomic E-state index is 12.0. The van der Waals surface area contributed by atoms with Gasteiger partial charge in [0.2, 0.25) is 0 Å². The third-order valence-corrected chi connectivity index (χ3v) is 2.21.